The predicted molar refractivity (Wildman–Crippen MR) is 60.9 cm³/mol. The normalized spacial score (nSPS) is 10.4. The summed E-state index contributed by atoms with van der Waals surface area (Å²) in [5, 5.41) is 0.162. The third-order valence-corrected chi connectivity index (χ3v) is 2.76. The second kappa shape index (κ2) is 6.51. The van der Waals surface area contributed by atoms with Crippen LogP contribution in [-0.2, 0) is 19.1 Å². The molecule has 94 valence electrons. The van der Waals surface area contributed by atoms with Gasteiger partial charge in [-0.05, 0) is 37.0 Å². The zero-order chi connectivity index (χ0) is 12.8. The van der Waals surface area contributed by atoms with Crippen molar-refractivity contribution < 1.29 is 19.1 Å². The van der Waals surface area contributed by atoms with Gasteiger partial charge in [-0.2, -0.15) is 4.37 Å². The molecule has 0 amide bonds. The Labute approximate surface area is 107 Å². The number of carbonyl (C=O) groups is 2. The van der Waals surface area contributed by atoms with Crippen molar-refractivity contribution in [3.63, 3.8) is 0 Å². The van der Waals surface area contributed by atoms with E-state index in [1.807, 2.05) is 0 Å². The maximum atomic E-state index is 11.6. The molecular formula is C9H11ClN2O4S. The first-order valence-electron chi connectivity index (χ1n) is 4.92. The Morgan fingerprint density at radius 1 is 1.29 bits per heavy atom. The highest BCUT2D eigenvalue weighted by Gasteiger charge is 2.34. The number of halogens is 1. The molecule has 0 atom stereocenters. The van der Waals surface area contributed by atoms with Crippen LogP contribution in [0, 0.1) is 0 Å². The lowest BCUT2D eigenvalue weighted by atomic mass is 10.1. The first kappa shape index (κ1) is 13.9. The molecule has 0 saturated carbocycles. The van der Waals surface area contributed by atoms with Crippen LogP contribution in [0.15, 0.2) is 0 Å². The Morgan fingerprint density at radius 2 is 1.82 bits per heavy atom. The third-order valence-electron chi connectivity index (χ3n) is 1.71. The van der Waals surface area contributed by atoms with Gasteiger partial charge in [0.25, 0.3) is 0 Å². The van der Waals surface area contributed by atoms with E-state index in [1.54, 1.807) is 13.8 Å². The van der Waals surface area contributed by atoms with Crippen LogP contribution in [0.4, 0.5) is 0 Å². The Morgan fingerprint density at radius 3 is 2.18 bits per heavy atom. The van der Waals surface area contributed by atoms with Crippen molar-refractivity contribution in [2.24, 2.45) is 0 Å². The minimum atomic E-state index is -1.21. The fourth-order valence-corrected chi connectivity index (χ4v) is 1.96. The molecule has 0 aliphatic rings. The summed E-state index contributed by atoms with van der Waals surface area (Å²) in [5.74, 6) is -2.63. The average Bonchev–Trinajstić information content (AvgIpc) is 2.66. The lowest BCUT2D eigenvalue weighted by Crippen LogP contribution is -2.26. The molecular weight excluding hydrogens is 268 g/mol. The Kier molecular flexibility index (Phi) is 5.30. The molecule has 0 radical (unpaired) electrons. The summed E-state index contributed by atoms with van der Waals surface area (Å²) in [5.41, 5.74) is 0. The van der Waals surface area contributed by atoms with Crippen molar-refractivity contribution >= 4 is 35.1 Å². The smallest absolute Gasteiger partial charge is 0.327 e. The highest BCUT2D eigenvalue weighted by Crippen LogP contribution is 2.22. The fourth-order valence-electron chi connectivity index (χ4n) is 1.08. The molecule has 17 heavy (non-hydrogen) atoms. The standard InChI is InChI=1S/C9H11ClN2O4S/c1-3-15-7(13)5(8(14)16-4-2)6-11-9(10)12-17-6/h5H,3-4H2,1-2H3. The van der Waals surface area contributed by atoms with Gasteiger partial charge in [0.1, 0.15) is 5.01 Å². The number of carbonyl (C=O) groups excluding carboxylic acids is 2. The van der Waals surface area contributed by atoms with Crippen LogP contribution in [0.1, 0.15) is 24.8 Å². The van der Waals surface area contributed by atoms with Crippen LogP contribution in [0.2, 0.25) is 5.28 Å². The highest BCUT2D eigenvalue weighted by atomic mass is 35.5. The van der Waals surface area contributed by atoms with Crippen LogP contribution in [0.25, 0.3) is 0 Å². The monoisotopic (exact) mass is 278 g/mol. The first-order valence-corrected chi connectivity index (χ1v) is 6.07. The fraction of sp³-hybridized carbons (Fsp3) is 0.556. The van der Waals surface area contributed by atoms with Gasteiger partial charge in [0.2, 0.25) is 11.2 Å². The summed E-state index contributed by atoms with van der Waals surface area (Å²) >= 11 is 6.42. The van der Waals surface area contributed by atoms with Gasteiger partial charge in [0.15, 0.2) is 0 Å². The molecule has 0 aliphatic heterocycles. The summed E-state index contributed by atoms with van der Waals surface area (Å²) in [6.45, 7) is 3.63. The Balaban J connectivity index is 2.93. The van der Waals surface area contributed by atoms with Gasteiger partial charge in [-0.25, -0.2) is 4.98 Å². The number of esters is 2. The minimum absolute atomic E-state index is 0.0106. The van der Waals surface area contributed by atoms with E-state index >= 15 is 0 Å². The average molecular weight is 279 g/mol. The SMILES string of the molecule is CCOC(=O)C(C(=O)OCC)c1nc(Cl)ns1. The predicted octanol–water partition coefficient (Wildman–Crippen LogP) is 1.40. The quantitative estimate of drug-likeness (QED) is 0.598. The number of nitrogens with zero attached hydrogens (tertiary/aromatic N) is 2. The van der Waals surface area contributed by atoms with Gasteiger partial charge in [-0.3, -0.25) is 9.59 Å². The second-order valence-electron chi connectivity index (χ2n) is 2.84. The van der Waals surface area contributed by atoms with Gasteiger partial charge in [0, 0.05) is 0 Å². The van der Waals surface area contributed by atoms with Crippen LogP contribution in [0.5, 0.6) is 0 Å². The molecule has 0 aliphatic carbocycles. The Bertz CT molecular complexity index is 391. The van der Waals surface area contributed by atoms with Crippen molar-refractivity contribution in [2.75, 3.05) is 13.2 Å². The summed E-state index contributed by atoms with van der Waals surface area (Å²) < 4.78 is 13.3. The third kappa shape index (κ3) is 3.64. The van der Waals surface area contributed by atoms with Crippen molar-refractivity contribution in [1.29, 1.82) is 0 Å². The highest BCUT2D eigenvalue weighted by molar-refractivity contribution is 7.06. The number of ether oxygens (including phenoxy) is 2. The topological polar surface area (TPSA) is 78.4 Å². The van der Waals surface area contributed by atoms with E-state index in [2.05, 4.69) is 9.36 Å². The molecule has 0 saturated heterocycles. The lowest BCUT2D eigenvalue weighted by molar-refractivity contribution is -0.156. The molecule has 0 aromatic carbocycles. The second-order valence-corrected chi connectivity index (χ2v) is 3.96. The summed E-state index contributed by atoms with van der Waals surface area (Å²) in [6, 6.07) is 0. The van der Waals surface area contributed by atoms with Crippen molar-refractivity contribution in [3.8, 4) is 0 Å². The maximum absolute atomic E-state index is 11.6. The number of hydrogen-bond donors (Lipinski definition) is 0. The van der Waals surface area contributed by atoms with Gasteiger partial charge < -0.3 is 9.47 Å². The summed E-state index contributed by atoms with van der Waals surface area (Å²) in [7, 11) is 0. The molecule has 1 heterocycles. The number of aromatic nitrogens is 2. The van der Waals surface area contributed by atoms with E-state index in [1.165, 1.54) is 0 Å². The lowest BCUT2D eigenvalue weighted by Gasteiger charge is -2.11. The molecule has 1 rings (SSSR count). The summed E-state index contributed by atoms with van der Waals surface area (Å²) in [6.07, 6.45) is 0. The van der Waals surface area contributed by atoms with E-state index < -0.39 is 17.9 Å². The van der Waals surface area contributed by atoms with Crippen LogP contribution >= 0.6 is 23.1 Å². The number of rotatable bonds is 5. The molecule has 1 aromatic heterocycles. The number of hydrogen-bond acceptors (Lipinski definition) is 7. The molecule has 0 bridgehead atoms. The van der Waals surface area contributed by atoms with E-state index in [9.17, 15) is 9.59 Å². The van der Waals surface area contributed by atoms with Crippen LogP contribution < -0.4 is 0 Å². The van der Waals surface area contributed by atoms with Crippen molar-refractivity contribution in [3.05, 3.63) is 10.3 Å². The van der Waals surface area contributed by atoms with Crippen molar-refractivity contribution in [1.82, 2.24) is 9.36 Å². The minimum Gasteiger partial charge on any atom is -0.465 e. The largest absolute Gasteiger partial charge is 0.465 e. The molecule has 1 aromatic rings. The van der Waals surface area contributed by atoms with Crippen LogP contribution in [-0.4, -0.2) is 34.5 Å². The molecule has 0 unspecified atom stereocenters. The van der Waals surface area contributed by atoms with Gasteiger partial charge in [-0.15, -0.1) is 0 Å². The Hall–Kier alpha value is -1.21. The molecule has 0 fully saturated rings. The maximum Gasteiger partial charge on any atom is 0.327 e. The molecule has 0 spiro atoms. The molecule has 8 heteroatoms. The summed E-state index contributed by atoms with van der Waals surface area (Å²) in [4.78, 5) is 27.1. The zero-order valence-corrected chi connectivity index (χ0v) is 10.9. The van der Waals surface area contributed by atoms with Gasteiger partial charge in [0.05, 0.1) is 13.2 Å². The molecule has 0 N–H and O–H groups in total. The van der Waals surface area contributed by atoms with Crippen molar-refractivity contribution in [2.45, 2.75) is 19.8 Å². The first-order chi connectivity index (χ1) is 8.10. The van der Waals surface area contributed by atoms with Gasteiger partial charge in [-0.1, -0.05) is 0 Å². The molecule has 6 nitrogen and oxygen atoms in total. The zero-order valence-electron chi connectivity index (χ0n) is 9.31. The van der Waals surface area contributed by atoms with E-state index in [0.29, 0.717) is 0 Å². The van der Waals surface area contributed by atoms with E-state index in [0.717, 1.165) is 11.5 Å². The van der Waals surface area contributed by atoms with E-state index in [4.69, 9.17) is 21.1 Å². The van der Waals surface area contributed by atoms with Crippen LogP contribution in [0.3, 0.4) is 0 Å². The van der Waals surface area contributed by atoms with E-state index in [-0.39, 0.29) is 23.5 Å². The van der Waals surface area contributed by atoms with Gasteiger partial charge >= 0.3 is 11.9 Å².